The van der Waals surface area contributed by atoms with Gasteiger partial charge in [0.25, 0.3) is 5.56 Å². The van der Waals surface area contributed by atoms with Crippen molar-refractivity contribution >= 4 is 15.9 Å². The third-order valence-electron chi connectivity index (χ3n) is 3.20. The summed E-state index contributed by atoms with van der Waals surface area (Å²) in [6, 6.07) is 9.85. The first-order valence-corrected chi connectivity index (χ1v) is 7.25. The molecule has 0 aliphatic heterocycles. The van der Waals surface area contributed by atoms with E-state index in [4.69, 9.17) is 0 Å². The van der Waals surface area contributed by atoms with E-state index in [1.54, 1.807) is 15.4 Å². The van der Waals surface area contributed by atoms with E-state index in [1.165, 1.54) is 6.20 Å². The minimum atomic E-state index is -0.0880. The number of aromatic nitrogens is 4. The normalized spacial score (nSPS) is 10.8. The van der Waals surface area contributed by atoms with Crippen molar-refractivity contribution < 1.29 is 0 Å². The molecule has 0 radical (unpaired) electrons. The van der Waals surface area contributed by atoms with Crippen LogP contribution in [0.2, 0.25) is 0 Å². The topological polar surface area (TPSA) is 52.7 Å². The fourth-order valence-corrected chi connectivity index (χ4v) is 2.40. The zero-order valence-electron chi connectivity index (χ0n) is 11.4. The summed E-state index contributed by atoms with van der Waals surface area (Å²) in [5.41, 5.74) is 1.85. The number of rotatable bonds is 3. The molecule has 2 heterocycles. The molecule has 0 saturated carbocycles. The average molecular weight is 345 g/mol. The second-order valence-electron chi connectivity index (χ2n) is 4.67. The highest BCUT2D eigenvalue weighted by molar-refractivity contribution is 9.10. The Labute approximate surface area is 130 Å². The van der Waals surface area contributed by atoms with Crippen LogP contribution < -0.4 is 5.56 Å². The van der Waals surface area contributed by atoms with E-state index in [-0.39, 0.29) is 5.56 Å². The fraction of sp³-hybridized carbons (Fsp3) is 0.133. The number of halogens is 1. The Morgan fingerprint density at radius 3 is 2.71 bits per heavy atom. The Balaban J connectivity index is 1.93. The van der Waals surface area contributed by atoms with E-state index >= 15 is 0 Å². The van der Waals surface area contributed by atoms with Gasteiger partial charge in [-0.3, -0.25) is 9.36 Å². The summed E-state index contributed by atoms with van der Waals surface area (Å²) < 4.78 is 3.88. The van der Waals surface area contributed by atoms with Crippen molar-refractivity contribution in [1.29, 1.82) is 0 Å². The molecule has 106 valence electrons. The van der Waals surface area contributed by atoms with Gasteiger partial charge in [-0.15, -0.1) is 0 Å². The minimum absolute atomic E-state index is 0.0880. The van der Waals surface area contributed by atoms with Crippen molar-refractivity contribution in [2.75, 3.05) is 0 Å². The molecule has 21 heavy (non-hydrogen) atoms. The van der Waals surface area contributed by atoms with Gasteiger partial charge in [0.15, 0.2) is 0 Å². The third-order valence-corrected chi connectivity index (χ3v) is 3.75. The monoisotopic (exact) mass is 344 g/mol. The van der Waals surface area contributed by atoms with Crippen molar-refractivity contribution in [2.45, 2.75) is 13.5 Å². The van der Waals surface area contributed by atoms with E-state index in [9.17, 15) is 4.79 Å². The molecule has 5 nitrogen and oxygen atoms in total. The molecule has 6 heteroatoms. The van der Waals surface area contributed by atoms with Gasteiger partial charge in [-0.25, -0.2) is 9.67 Å². The quantitative estimate of drug-likeness (QED) is 0.733. The van der Waals surface area contributed by atoms with Crippen LogP contribution in [-0.2, 0) is 6.54 Å². The number of para-hydroxylation sites is 1. The molecule has 0 amide bonds. The molecule has 0 atom stereocenters. The maximum absolute atomic E-state index is 12.1. The van der Waals surface area contributed by atoms with Crippen LogP contribution in [0.5, 0.6) is 0 Å². The molecule has 0 unspecified atom stereocenters. The average Bonchev–Trinajstić information content (AvgIpc) is 2.97. The zero-order valence-corrected chi connectivity index (χ0v) is 13.0. The molecule has 0 aliphatic carbocycles. The second kappa shape index (κ2) is 5.65. The van der Waals surface area contributed by atoms with Gasteiger partial charge < -0.3 is 0 Å². The van der Waals surface area contributed by atoms with E-state index < -0.39 is 0 Å². The first-order valence-electron chi connectivity index (χ1n) is 6.46. The molecule has 3 aromatic rings. The van der Waals surface area contributed by atoms with Crippen molar-refractivity contribution in [3.8, 4) is 5.69 Å². The van der Waals surface area contributed by atoms with Gasteiger partial charge in [0, 0.05) is 18.0 Å². The van der Waals surface area contributed by atoms with Gasteiger partial charge >= 0.3 is 0 Å². The van der Waals surface area contributed by atoms with E-state index in [1.807, 2.05) is 43.5 Å². The largest absolute Gasteiger partial charge is 0.291 e. The predicted octanol–water partition coefficient (Wildman–Crippen LogP) is 2.55. The summed E-state index contributed by atoms with van der Waals surface area (Å²) >= 11 is 3.22. The van der Waals surface area contributed by atoms with Gasteiger partial charge in [-0.2, -0.15) is 5.10 Å². The molecule has 0 spiro atoms. The van der Waals surface area contributed by atoms with Gasteiger partial charge in [-0.1, -0.05) is 18.2 Å². The Hall–Kier alpha value is -2.21. The lowest BCUT2D eigenvalue weighted by molar-refractivity contribution is 0.695. The standard InChI is InChI=1S/C15H13BrN4O/c1-11-17-8-14(16)15(21)19(11)9-12-7-18-20(10-12)13-5-3-2-4-6-13/h2-8,10H,9H2,1H3. The van der Waals surface area contributed by atoms with E-state index in [0.717, 1.165) is 11.3 Å². The van der Waals surface area contributed by atoms with Crippen LogP contribution >= 0.6 is 15.9 Å². The lowest BCUT2D eigenvalue weighted by Crippen LogP contribution is -2.24. The summed E-state index contributed by atoms with van der Waals surface area (Å²) in [5, 5.41) is 4.33. The fourth-order valence-electron chi connectivity index (χ4n) is 2.08. The number of aryl methyl sites for hydroxylation is 1. The number of hydrogen-bond acceptors (Lipinski definition) is 3. The molecule has 1 aromatic carbocycles. The Morgan fingerprint density at radius 1 is 1.19 bits per heavy atom. The Bertz CT molecular complexity index is 823. The smallest absolute Gasteiger partial charge is 0.268 e. The lowest BCUT2D eigenvalue weighted by atomic mass is 10.3. The maximum atomic E-state index is 12.1. The van der Waals surface area contributed by atoms with Gasteiger partial charge in [0.1, 0.15) is 10.3 Å². The molecular formula is C15H13BrN4O. The highest BCUT2D eigenvalue weighted by Crippen LogP contribution is 2.09. The summed E-state index contributed by atoms with van der Waals surface area (Å²) in [4.78, 5) is 16.3. The van der Waals surface area contributed by atoms with Crippen LogP contribution in [0.15, 0.2) is 58.2 Å². The Kier molecular flexibility index (Phi) is 3.70. The SMILES string of the molecule is Cc1ncc(Br)c(=O)n1Cc1cnn(-c2ccccc2)c1. The molecule has 0 aliphatic rings. The van der Waals surface area contributed by atoms with E-state index in [2.05, 4.69) is 26.0 Å². The molecule has 3 rings (SSSR count). The number of benzene rings is 1. The molecule has 0 N–H and O–H groups in total. The van der Waals surface area contributed by atoms with Crippen molar-refractivity contribution in [1.82, 2.24) is 19.3 Å². The van der Waals surface area contributed by atoms with Gasteiger partial charge in [0.2, 0.25) is 0 Å². The highest BCUT2D eigenvalue weighted by atomic mass is 79.9. The second-order valence-corrected chi connectivity index (χ2v) is 5.53. The lowest BCUT2D eigenvalue weighted by Gasteiger charge is -2.07. The molecule has 0 saturated heterocycles. The Morgan fingerprint density at radius 2 is 1.95 bits per heavy atom. The highest BCUT2D eigenvalue weighted by Gasteiger charge is 2.08. The van der Waals surface area contributed by atoms with Gasteiger partial charge in [0.05, 0.1) is 18.4 Å². The molecular weight excluding hydrogens is 332 g/mol. The van der Waals surface area contributed by atoms with Crippen molar-refractivity contribution in [2.24, 2.45) is 0 Å². The van der Waals surface area contributed by atoms with Crippen LogP contribution in [0.4, 0.5) is 0 Å². The first-order chi connectivity index (χ1) is 10.1. The zero-order chi connectivity index (χ0) is 14.8. The summed E-state index contributed by atoms with van der Waals surface area (Å²) in [6.07, 6.45) is 5.21. The first kappa shape index (κ1) is 13.8. The summed E-state index contributed by atoms with van der Waals surface area (Å²) in [6.45, 7) is 2.26. The van der Waals surface area contributed by atoms with Crippen LogP contribution in [0.3, 0.4) is 0 Å². The van der Waals surface area contributed by atoms with Crippen molar-refractivity contribution in [3.05, 3.63) is 75.1 Å². The van der Waals surface area contributed by atoms with Crippen molar-refractivity contribution in [3.63, 3.8) is 0 Å². The summed E-state index contributed by atoms with van der Waals surface area (Å²) in [7, 11) is 0. The van der Waals surface area contributed by atoms with Crippen LogP contribution in [-0.4, -0.2) is 19.3 Å². The van der Waals surface area contributed by atoms with Crippen LogP contribution in [0, 0.1) is 6.92 Å². The maximum Gasteiger partial charge on any atom is 0.268 e. The molecule has 0 bridgehead atoms. The summed E-state index contributed by atoms with van der Waals surface area (Å²) in [5.74, 6) is 0.677. The third kappa shape index (κ3) is 2.80. The predicted molar refractivity (Wildman–Crippen MR) is 83.6 cm³/mol. The molecule has 2 aromatic heterocycles. The molecule has 0 fully saturated rings. The van der Waals surface area contributed by atoms with E-state index in [0.29, 0.717) is 16.8 Å². The van der Waals surface area contributed by atoms with Crippen LogP contribution in [0.1, 0.15) is 11.4 Å². The van der Waals surface area contributed by atoms with Crippen LogP contribution in [0.25, 0.3) is 5.69 Å². The number of hydrogen-bond donors (Lipinski definition) is 0. The van der Waals surface area contributed by atoms with Gasteiger partial charge in [-0.05, 0) is 35.0 Å². The minimum Gasteiger partial charge on any atom is -0.291 e. The number of nitrogens with zero attached hydrogens (tertiary/aromatic N) is 4.